The Morgan fingerprint density at radius 2 is 1.40 bits per heavy atom. The van der Waals surface area contributed by atoms with Crippen LogP contribution in [0.15, 0.2) is 70.9 Å². The van der Waals surface area contributed by atoms with Crippen molar-refractivity contribution in [3.05, 3.63) is 66.2 Å². The fraction of sp³-hybridized carbons (Fsp3) is 0.0588. The van der Waals surface area contributed by atoms with E-state index < -0.39 is 0 Å². The molecule has 3 heteroatoms. The van der Waals surface area contributed by atoms with Gasteiger partial charge in [0.1, 0.15) is 0 Å². The van der Waals surface area contributed by atoms with Crippen LogP contribution < -0.4 is 5.73 Å². The summed E-state index contributed by atoms with van der Waals surface area (Å²) in [5.41, 5.74) is 9.23. The fourth-order valence-corrected chi connectivity index (χ4v) is 2.08. The van der Waals surface area contributed by atoms with Crippen LogP contribution in [0.25, 0.3) is 10.8 Å². The molecule has 2 N–H and O–H groups in total. The number of azo groups is 1. The van der Waals surface area contributed by atoms with Gasteiger partial charge in [0, 0.05) is 5.69 Å². The molecule has 3 aromatic rings. The van der Waals surface area contributed by atoms with Crippen LogP contribution in [0.3, 0.4) is 0 Å². The average molecular weight is 261 g/mol. The normalized spacial score (nSPS) is 11.2. The van der Waals surface area contributed by atoms with Crippen molar-refractivity contribution in [2.24, 2.45) is 10.2 Å². The van der Waals surface area contributed by atoms with Crippen LogP contribution in [0.4, 0.5) is 17.1 Å². The van der Waals surface area contributed by atoms with E-state index in [2.05, 4.69) is 28.4 Å². The van der Waals surface area contributed by atoms with Crippen LogP contribution in [0.2, 0.25) is 0 Å². The Morgan fingerprint density at radius 1 is 0.750 bits per heavy atom. The molecule has 0 aliphatic heterocycles. The Labute approximate surface area is 117 Å². The van der Waals surface area contributed by atoms with Gasteiger partial charge in [-0.05, 0) is 53.6 Å². The SMILES string of the molecule is Cc1cc(N=Nc2ccc3ccccc3c2)ccc1N. The second kappa shape index (κ2) is 5.13. The minimum Gasteiger partial charge on any atom is -0.399 e. The standard InChI is InChI=1S/C17H15N3/c1-12-10-15(8-9-17(12)18)19-20-16-7-6-13-4-2-3-5-14(13)11-16/h2-11H,18H2,1H3. The zero-order valence-corrected chi connectivity index (χ0v) is 11.2. The predicted molar refractivity (Wildman–Crippen MR) is 83.7 cm³/mol. The topological polar surface area (TPSA) is 50.7 Å². The highest BCUT2D eigenvalue weighted by Gasteiger charge is 1.97. The van der Waals surface area contributed by atoms with Crippen molar-refractivity contribution in [1.29, 1.82) is 0 Å². The van der Waals surface area contributed by atoms with Gasteiger partial charge >= 0.3 is 0 Å². The van der Waals surface area contributed by atoms with E-state index in [1.165, 1.54) is 5.39 Å². The molecule has 0 aliphatic rings. The van der Waals surface area contributed by atoms with Crippen LogP contribution in [0.5, 0.6) is 0 Å². The van der Waals surface area contributed by atoms with Crippen LogP contribution in [0, 0.1) is 6.92 Å². The lowest BCUT2D eigenvalue weighted by Crippen LogP contribution is -1.86. The van der Waals surface area contributed by atoms with Gasteiger partial charge in [-0.1, -0.05) is 30.3 Å². The summed E-state index contributed by atoms with van der Waals surface area (Å²) in [6.07, 6.45) is 0. The lowest BCUT2D eigenvalue weighted by atomic mass is 10.1. The van der Waals surface area contributed by atoms with Crippen molar-refractivity contribution in [2.75, 3.05) is 5.73 Å². The lowest BCUT2D eigenvalue weighted by Gasteiger charge is -2.00. The highest BCUT2D eigenvalue weighted by atomic mass is 15.1. The van der Waals surface area contributed by atoms with Crippen LogP contribution in [-0.2, 0) is 0 Å². The number of nitrogens with zero attached hydrogens (tertiary/aromatic N) is 2. The minimum absolute atomic E-state index is 0.773. The van der Waals surface area contributed by atoms with Crippen LogP contribution in [-0.4, -0.2) is 0 Å². The average Bonchev–Trinajstić information content (AvgIpc) is 2.48. The summed E-state index contributed by atoms with van der Waals surface area (Å²) in [6.45, 7) is 1.96. The maximum Gasteiger partial charge on any atom is 0.0863 e. The van der Waals surface area contributed by atoms with Gasteiger partial charge in [0.2, 0.25) is 0 Å². The number of aryl methyl sites for hydroxylation is 1. The van der Waals surface area contributed by atoms with E-state index in [4.69, 9.17) is 5.73 Å². The number of hydrogen-bond donors (Lipinski definition) is 1. The molecular weight excluding hydrogens is 246 g/mol. The van der Waals surface area contributed by atoms with Gasteiger partial charge in [-0.3, -0.25) is 0 Å². The summed E-state index contributed by atoms with van der Waals surface area (Å²) >= 11 is 0. The molecule has 20 heavy (non-hydrogen) atoms. The first kappa shape index (κ1) is 12.4. The van der Waals surface area contributed by atoms with Gasteiger partial charge in [0.05, 0.1) is 11.4 Å². The van der Waals surface area contributed by atoms with Crippen molar-refractivity contribution in [3.63, 3.8) is 0 Å². The fourth-order valence-electron chi connectivity index (χ4n) is 2.08. The zero-order valence-electron chi connectivity index (χ0n) is 11.2. The van der Waals surface area contributed by atoms with Gasteiger partial charge in [0.15, 0.2) is 0 Å². The molecule has 0 aromatic heterocycles. The van der Waals surface area contributed by atoms with E-state index in [0.717, 1.165) is 28.0 Å². The second-order valence-corrected chi connectivity index (χ2v) is 4.77. The molecule has 0 unspecified atom stereocenters. The Kier molecular flexibility index (Phi) is 3.17. The molecule has 0 amide bonds. The van der Waals surface area contributed by atoms with E-state index in [1.54, 1.807) is 0 Å². The molecule has 0 saturated carbocycles. The number of nitrogen functional groups attached to an aromatic ring is 1. The van der Waals surface area contributed by atoms with Gasteiger partial charge in [-0.15, -0.1) is 0 Å². The molecule has 0 aliphatic carbocycles. The van der Waals surface area contributed by atoms with Crippen LogP contribution >= 0.6 is 0 Å². The first-order chi connectivity index (χ1) is 9.72. The maximum absolute atomic E-state index is 5.79. The maximum atomic E-state index is 5.79. The summed E-state index contributed by atoms with van der Waals surface area (Å²) < 4.78 is 0. The summed E-state index contributed by atoms with van der Waals surface area (Å²) in [7, 11) is 0. The number of fused-ring (bicyclic) bond motifs is 1. The first-order valence-electron chi connectivity index (χ1n) is 6.49. The predicted octanol–water partition coefficient (Wildman–Crippen LogP) is 5.15. The van der Waals surface area contributed by atoms with Gasteiger partial charge in [-0.2, -0.15) is 10.2 Å². The molecule has 0 saturated heterocycles. The molecule has 0 radical (unpaired) electrons. The number of anilines is 1. The van der Waals surface area contributed by atoms with Crippen molar-refractivity contribution >= 4 is 27.8 Å². The summed E-state index contributed by atoms with van der Waals surface area (Å²) in [4.78, 5) is 0. The molecule has 0 atom stereocenters. The minimum atomic E-state index is 0.773. The van der Waals surface area contributed by atoms with Crippen molar-refractivity contribution in [1.82, 2.24) is 0 Å². The van der Waals surface area contributed by atoms with Gasteiger partial charge < -0.3 is 5.73 Å². The Morgan fingerprint density at radius 3 is 2.15 bits per heavy atom. The summed E-state index contributed by atoms with van der Waals surface area (Å²) in [6, 6.07) is 19.9. The third-order valence-corrected chi connectivity index (χ3v) is 3.27. The zero-order chi connectivity index (χ0) is 13.9. The molecule has 0 fully saturated rings. The Bertz CT molecular complexity index is 791. The smallest absolute Gasteiger partial charge is 0.0863 e. The van der Waals surface area contributed by atoms with E-state index in [9.17, 15) is 0 Å². The lowest BCUT2D eigenvalue weighted by molar-refractivity contribution is 1.23. The molecule has 3 aromatic carbocycles. The number of nitrogens with two attached hydrogens (primary N) is 1. The first-order valence-corrected chi connectivity index (χ1v) is 6.49. The number of hydrogen-bond acceptors (Lipinski definition) is 3. The van der Waals surface area contributed by atoms with Gasteiger partial charge in [-0.25, -0.2) is 0 Å². The Hall–Kier alpha value is -2.68. The molecule has 0 heterocycles. The van der Waals surface area contributed by atoms with Crippen molar-refractivity contribution in [2.45, 2.75) is 6.92 Å². The third-order valence-electron chi connectivity index (χ3n) is 3.27. The molecule has 98 valence electrons. The van der Waals surface area contributed by atoms with Crippen molar-refractivity contribution in [3.8, 4) is 0 Å². The Balaban J connectivity index is 1.91. The monoisotopic (exact) mass is 261 g/mol. The van der Waals surface area contributed by atoms with Gasteiger partial charge in [0.25, 0.3) is 0 Å². The second-order valence-electron chi connectivity index (χ2n) is 4.77. The van der Waals surface area contributed by atoms with E-state index >= 15 is 0 Å². The molecule has 0 spiro atoms. The van der Waals surface area contributed by atoms with E-state index in [-0.39, 0.29) is 0 Å². The van der Waals surface area contributed by atoms with Crippen LogP contribution in [0.1, 0.15) is 5.56 Å². The highest BCUT2D eigenvalue weighted by molar-refractivity contribution is 5.85. The third kappa shape index (κ3) is 2.52. The quantitative estimate of drug-likeness (QED) is 0.503. The molecule has 3 rings (SSSR count). The summed E-state index contributed by atoms with van der Waals surface area (Å²) in [5, 5.41) is 10.9. The van der Waals surface area contributed by atoms with Crippen molar-refractivity contribution < 1.29 is 0 Å². The number of benzene rings is 3. The number of rotatable bonds is 2. The molecular formula is C17H15N3. The van der Waals surface area contributed by atoms with E-state index in [1.807, 2.05) is 49.4 Å². The summed E-state index contributed by atoms with van der Waals surface area (Å²) in [5.74, 6) is 0. The largest absolute Gasteiger partial charge is 0.399 e. The molecule has 0 bridgehead atoms. The molecule has 3 nitrogen and oxygen atoms in total. The van der Waals surface area contributed by atoms with E-state index in [0.29, 0.717) is 0 Å². The highest BCUT2D eigenvalue weighted by Crippen LogP contribution is 2.24.